The van der Waals surface area contributed by atoms with Gasteiger partial charge >= 0.3 is 0 Å². The number of carbonyl (C=O) groups is 1. The van der Waals surface area contributed by atoms with Crippen LogP contribution in [-0.4, -0.2) is 58.9 Å². The third-order valence-corrected chi connectivity index (χ3v) is 5.87. The summed E-state index contributed by atoms with van der Waals surface area (Å²) in [5.41, 5.74) is 4.40. The van der Waals surface area contributed by atoms with Gasteiger partial charge in [0, 0.05) is 44.1 Å². The highest BCUT2D eigenvalue weighted by molar-refractivity contribution is 6.32. The summed E-state index contributed by atoms with van der Waals surface area (Å²) in [6, 6.07) is 9.48. The van der Waals surface area contributed by atoms with Crippen LogP contribution in [-0.2, 0) is 16.2 Å². The van der Waals surface area contributed by atoms with E-state index in [9.17, 15) is 4.79 Å². The molecule has 5 rings (SSSR count). The molecule has 1 saturated heterocycles. The number of hydrogen-bond acceptors (Lipinski definition) is 8. The summed E-state index contributed by atoms with van der Waals surface area (Å²) in [6.45, 7) is 2.79. The van der Waals surface area contributed by atoms with Crippen molar-refractivity contribution >= 4 is 40.0 Å². The summed E-state index contributed by atoms with van der Waals surface area (Å²) in [5.74, 6) is 1.27. The van der Waals surface area contributed by atoms with Gasteiger partial charge in [-0.25, -0.2) is 14.7 Å². The maximum atomic E-state index is 13.0. The van der Waals surface area contributed by atoms with Crippen molar-refractivity contribution in [1.29, 1.82) is 0 Å². The van der Waals surface area contributed by atoms with Gasteiger partial charge in [-0.2, -0.15) is 5.10 Å². The SMILES string of the molecule is COc1cc(N2CCN(C(=O)Cn3nc(N4C=CON4)c4cccnc43)CC2)ccc1Cl. The molecule has 0 radical (unpaired) electrons. The Morgan fingerprint density at radius 1 is 1.25 bits per heavy atom. The minimum atomic E-state index is 0.00103. The van der Waals surface area contributed by atoms with Gasteiger partial charge in [0.1, 0.15) is 18.6 Å². The van der Waals surface area contributed by atoms with Crippen molar-refractivity contribution in [2.75, 3.05) is 43.2 Å². The molecule has 1 N–H and O–H groups in total. The van der Waals surface area contributed by atoms with E-state index in [1.54, 1.807) is 29.2 Å². The summed E-state index contributed by atoms with van der Waals surface area (Å²) < 4.78 is 6.95. The molecule has 2 aromatic heterocycles. The first-order valence-electron chi connectivity index (χ1n) is 10.2. The van der Waals surface area contributed by atoms with Gasteiger partial charge < -0.3 is 19.4 Å². The van der Waals surface area contributed by atoms with Gasteiger partial charge in [0.05, 0.1) is 23.7 Å². The number of benzene rings is 1. The number of halogens is 1. The van der Waals surface area contributed by atoms with Gasteiger partial charge in [-0.3, -0.25) is 4.79 Å². The Balaban J connectivity index is 1.28. The van der Waals surface area contributed by atoms with Gasteiger partial charge in [-0.1, -0.05) is 17.2 Å². The highest BCUT2D eigenvalue weighted by atomic mass is 35.5. The van der Waals surface area contributed by atoms with Crippen LogP contribution in [0.2, 0.25) is 5.02 Å². The number of aromatic nitrogens is 3. The van der Waals surface area contributed by atoms with Crippen LogP contribution < -0.4 is 20.2 Å². The average molecular weight is 456 g/mol. The van der Waals surface area contributed by atoms with Crippen molar-refractivity contribution in [3.8, 4) is 5.75 Å². The van der Waals surface area contributed by atoms with Crippen LogP contribution in [0.25, 0.3) is 11.0 Å². The zero-order valence-corrected chi connectivity index (χ0v) is 18.2. The third kappa shape index (κ3) is 3.78. The van der Waals surface area contributed by atoms with E-state index in [0.29, 0.717) is 35.3 Å². The minimum Gasteiger partial charge on any atom is -0.495 e. The molecule has 0 atom stereocenters. The van der Waals surface area contributed by atoms with E-state index in [-0.39, 0.29) is 12.5 Å². The van der Waals surface area contributed by atoms with E-state index < -0.39 is 0 Å². The fraction of sp³-hybridized carbons (Fsp3) is 0.286. The number of pyridine rings is 1. The van der Waals surface area contributed by atoms with E-state index in [2.05, 4.69) is 20.6 Å². The molecular weight excluding hydrogens is 434 g/mol. The van der Waals surface area contributed by atoms with Gasteiger partial charge in [0.2, 0.25) is 5.91 Å². The van der Waals surface area contributed by atoms with Crippen molar-refractivity contribution < 1.29 is 14.4 Å². The molecule has 166 valence electrons. The first-order chi connectivity index (χ1) is 15.6. The Bertz CT molecular complexity index is 1170. The minimum absolute atomic E-state index is 0.00103. The van der Waals surface area contributed by atoms with Crippen LogP contribution >= 0.6 is 11.6 Å². The second-order valence-electron chi connectivity index (χ2n) is 7.41. The molecule has 2 aliphatic heterocycles. The summed E-state index contributed by atoms with van der Waals surface area (Å²) >= 11 is 6.13. The quantitative estimate of drug-likeness (QED) is 0.626. The monoisotopic (exact) mass is 455 g/mol. The topological polar surface area (TPSA) is 88.0 Å². The number of methoxy groups -OCH3 is 1. The molecule has 3 aromatic rings. The van der Waals surface area contributed by atoms with Crippen LogP contribution in [0.1, 0.15) is 0 Å². The molecule has 11 heteroatoms. The van der Waals surface area contributed by atoms with Crippen molar-refractivity contribution in [3.63, 3.8) is 0 Å². The lowest BCUT2D eigenvalue weighted by atomic mass is 10.2. The van der Waals surface area contributed by atoms with E-state index >= 15 is 0 Å². The van der Waals surface area contributed by atoms with E-state index in [4.69, 9.17) is 21.2 Å². The lowest BCUT2D eigenvalue weighted by molar-refractivity contribution is -0.132. The molecule has 0 bridgehead atoms. The highest BCUT2D eigenvalue weighted by Crippen LogP contribution is 2.30. The van der Waals surface area contributed by atoms with Gasteiger partial charge in [-0.05, 0) is 24.3 Å². The Hall–Kier alpha value is -3.50. The fourth-order valence-electron chi connectivity index (χ4n) is 3.89. The molecule has 32 heavy (non-hydrogen) atoms. The van der Waals surface area contributed by atoms with Crippen molar-refractivity contribution in [1.82, 2.24) is 25.3 Å². The largest absolute Gasteiger partial charge is 0.495 e. The highest BCUT2D eigenvalue weighted by Gasteiger charge is 2.25. The van der Waals surface area contributed by atoms with Crippen molar-refractivity contribution in [3.05, 3.63) is 54.0 Å². The molecule has 4 heterocycles. The fourth-order valence-corrected chi connectivity index (χ4v) is 4.09. The van der Waals surface area contributed by atoms with Crippen LogP contribution in [0, 0.1) is 0 Å². The lowest BCUT2D eigenvalue weighted by Gasteiger charge is -2.36. The number of piperazine rings is 1. The molecule has 0 spiro atoms. The summed E-state index contributed by atoms with van der Waals surface area (Å²) in [5, 5.41) is 7.64. The maximum Gasteiger partial charge on any atom is 0.244 e. The van der Waals surface area contributed by atoms with Crippen LogP contribution in [0.3, 0.4) is 0 Å². The number of ether oxygens (including phenoxy) is 1. The molecule has 0 saturated carbocycles. The number of carbonyl (C=O) groups excluding carboxylic acids is 1. The lowest BCUT2D eigenvalue weighted by Crippen LogP contribution is -2.49. The number of amides is 1. The Labute approximate surface area is 189 Å². The summed E-state index contributed by atoms with van der Waals surface area (Å²) in [4.78, 5) is 26.6. The molecular formula is C21H22ClN7O3. The predicted octanol–water partition coefficient (Wildman–Crippen LogP) is 2.17. The number of rotatable bonds is 5. The smallest absolute Gasteiger partial charge is 0.244 e. The van der Waals surface area contributed by atoms with E-state index in [1.807, 2.05) is 35.2 Å². The number of anilines is 2. The molecule has 0 unspecified atom stereocenters. The Morgan fingerprint density at radius 2 is 2.09 bits per heavy atom. The van der Waals surface area contributed by atoms with Gasteiger partial charge in [0.15, 0.2) is 11.5 Å². The van der Waals surface area contributed by atoms with E-state index in [0.717, 1.165) is 24.2 Å². The number of nitrogens with one attached hydrogen (secondary N) is 1. The molecule has 10 nitrogen and oxygen atoms in total. The number of nitrogens with zero attached hydrogens (tertiary/aromatic N) is 6. The predicted molar refractivity (Wildman–Crippen MR) is 120 cm³/mol. The Kier molecular flexibility index (Phi) is 5.46. The second-order valence-corrected chi connectivity index (χ2v) is 7.81. The Morgan fingerprint density at radius 3 is 2.84 bits per heavy atom. The van der Waals surface area contributed by atoms with E-state index in [1.165, 1.54) is 6.26 Å². The molecule has 2 aliphatic rings. The normalized spacial score (nSPS) is 16.0. The van der Waals surface area contributed by atoms with Crippen molar-refractivity contribution in [2.24, 2.45) is 0 Å². The molecule has 1 fully saturated rings. The van der Waals surface area contributed by atoms with Crippen LogP contribution in [0.15, 0.2) is 49.0 Å². The van der Waals surface area contributed by atoms with Gasteiger partial charge in [0.25, 0.3) is 0 Å². The van der Waals surface area contributed by atoms with Crippen LogP contribution in [0.4, 0.5) is 11.5 Å². The number of hydrogen-bond donors (Lipinski definition) is 1. The summed E-state index contributed by atoms with van der Waals surface area (Å²) in [6.07, 6.45) is 4.92. The zero-order valence-electron chi connectivity index (χ0n) is 17.4. The van der Waals surface area contributed by atoms with Gasteiger partial charge in [-0.15, -0.1) is 0 Å². The average Bonchev–Trinajstić information content (AvgIpc) is 3.48. The standard InChI is InChI=1S/C21H22ClN7O3/c1-31-18-13-15(4-5-17(18)22)26-7-9-27(10-8-26)19(30)14-29-20-16(3-2-6-23-20)21(24-29)28-11-12-32-25-28/h2-6,11-13,25H,7-10,14H2,1H3. The maximum absolute atomic E-state index is 13.0. The summed E-state index contributed by atoms with van der Waals surface area (Å²) in [7, 11) is 1.60. The first-order valence-corrected chi connectivity index (χ1v) is 10.6. The zero-order chi connectivity index (χ0) is 22.1. The molecule has 1 amide bonds. The van der Waals surface area contributed by atoms with Crippen molar-refractivity contribution in [2.45, 2.75) is 6.54 Å². The first kappa shape index (κ1) is 20.4. The molecule has 1 aromatic carbocycles. The number of fused-ring (bicyclic) bond motifs is 1. The molecule has 0 aliphatic carbocycles. The second kappa shape index (κ2) is 8.56. The number of hydrazine groups is 1. The third-order valence-electron chi connectivity index (χ3n) is 5.56. The van der Waals surface area contributed by atoms with Crippen LogP contribution in [0.5, 0.6) is 5.75 Å².